The number of carbonyl (C=O) groups excluding carboxylic acids is 1. The van der Waals surface area contributed by atoms with Crippen molar-refractivity contribution in [3.8, 4) is 11.5 Å². The summed E-state index contributed by atoms with van der Waals surface area (Å²) in [5, 5.41) is 9.15. The molecule has 6 nitrogen and oxygen atoms in total. The molecule has 1 heterocycles. The SMILES string of the molecule is COc1ccc(OC)c(C(=O)N2CCC(C(=O)O)C2C)c1. The second-order valence-electron chi connectivity index (χ2n) is 5.04. The lowest BCUT2D eigenvalue weighted by atomic mass is 10.0. The van der Waals surface area contributed by atoms with Gasteiger partial charge in [0.15, 0.2) is 0 Å². The van der Waals surface area contributed by atoms with Gasteiger partial charge in [0.1, 0.15) is 11.5 Å². The second-order valence-corrected chi connectivity index (χ2v) is 5.04. The maximum atomic E-state index is 12.7. The fourth-order valence-electron chi connectivity index (χ4n) is 2.69. The van der Waals surface area contributed by atoms with E-state index in [-0.39, 0.29) is 11.9 Å². The molecule has 0 bridgehead atoms. The van der Waals surface area contributed by atoms with Crippen LogP contribution < -0.4 is 9.47 Å². The maximum Gasteiger partial charge on any atom is 0.308 e. The van der Waals surface area contributed by atoms with Crippen LogP contribution in [0.3, 0.4) is 0 Å². The predicted molar refractivity (Wildman–Crippen MR) is 75.8 cm³/mol. The molecule has 6 heteroatoms. The molecule has 0 aromatic heterocycles. The monoisotopic (exact) mass is 293 g/mol. The third kappa shape index (κ3) is 2.79. The Hall–Kier alpha value is -2.24. The quantitative estimate of drug-likeness (QED) is 0.913. The normalized spacial score (nSPS) is 21.2. The van der Waals surface area contributed by atoms with Crippen molar-refractivity contribution in [2.45, 2.75) is 19.4 Å². The molecule has 21 heavy (non-hydrogen) atoms. The number of aliphatic carboxylic acids is 1. The lowest BCUT2D eigenvalue weighted by Gasteiger charge is -2.24. The van der Waals surface area contributed by atoms with Gasteiger partial charge in [0, 0.05) is 12.6 Å². The summed E-state index contributed by atoms with van der Waals surface area (Å²) in [7, 11) is 3.01. The molecule has 114 valence electrons. The summed E-state index contributed by atoms with van der Waals surface area (Å²) in [6, 6.07) is 4.65. The first kappa shape index (κ1) is 15.2. The number of methoxy groups -OCH3 is 2. The molecule has 0 spiro atoms. The van der Waals surface area contributed by atoms with Crippen LogP contribution >= 0.6 is 0 Å². The number of hydrogen-bond acceptors (Lipinski definition) is 4. The average molecular weight is 293 g/mol. The molecule has 2 atom stereocenters. The summed E-state index contributed by atoms with van der Waals surface area (Å²) in [6.45, 7) is 2.19. The number of carboxylic acids is 1. The first-order valence-corrected chi connectivity index (χ1v) is 6.75. The van der Waals surface area contributed by atoms with Gasteiger partial charge in [-0.1, -0.05) is 0 Å². The summed E-state index contributed by atoms with van der Waals surface area (Å²) < 4.78 is 10.3. The van der Waals surface area contributed by atoms with Gasteiger partial charge in [-0.2, -0.15) is 0 Å². The van der Waals surface area contributed by atoms with Gasteiger partial charge >= 0.3 is 5.97 Å². The summed E-state index contributed by atoms with van der Waals surface area (Å²) in [5.41, 5.74) is 0.384. The van der Waals surface area contributed by atoms with E-state index in [0.717, 1.165) is 0 Å². The highest BCUT2D eigenvalue weighted by atomic mass is 16.5. The number of carboxylic acid groups (broad SMARTS) is 1. The minimum Gasteiger partial charge on any atom is -0.497 e. The maximum absolute atomic E-state index is 12.7. The van der Waals surface area contributed by atoms with Crippen LogP contribution in [0.15, 0.2) is 18.2 Å². The van der Waals surface area contributed by atoms with E-state index in [4.69, 9.17) is 14.6 Å². The van der Waals surface area contributed by atoms with Crippen molar-refractivity contribution in [3.05, 3.63) is 23.8 Å². The Kier molecular flexibility index (Phi) is 4.35. The van der Waals surface area contributed by atoms with E-state index in [9.17, 15) is 9.59 Å². The average Bonchev–Trinajstić information content (AvgIpc) is 2.87. The molecule has 2 unspecified atom stereocenters. The Bertz CT molecular complexity index is 557. The fourth-order valence-corrected chi connectivity index (χ4v) is 2.69. The summed E-state index contributed by atoms with van der Waals surface area (Å²) in [5.74, 6) is -0.615. The molecule has 0 radical (unpaired) electrons. The minimum absolute atomic E-state index is 0.234. The molecular weight excluding hydrogens is 274 g/mol. The highest BCUT2D eigenvalue weighted by Gasteiger charge is 2.39. The smallest absolute Gasteiger partial charge is 0.308 e. The van der Waals surface area contributed by atoms with E-state index in [0.29, 0.717) is 30.0 Å². The minimum atomic E-state index is -0.865. The molecule has 1 amide bonds. The van der Waals surface area contributed by atoms with Crippen molar-refractivity contribution < 1.29 is 24.2 Å². The van der Waals surface area contributed by atoms with Gasteiger partial charge in [-0.05, 0) is 31.5 Å². The van der Waals surface area contributed by atoms with Crippen molar-refractivity contribution in [3.63, 3.8) is 0 Å². The molecule has 1 fully saturated rings. The summed E-state index contributed by atoms with van der Waals surface area (Å²) in [4.78, 5) is 25.4. The van der Waals surface area contributed by atoms with Crippen molar-refractivity contribution >= 4 is 11.9 Å². The van der Waals surface area contributed by atoms with Gasteiger partial charge in [-0.25, -0.2) is 0 Å². The van der Waals surface area contributed by atoms with E-state index in [1.807, 2.05) is 0 Å². The van der Waals surface area contributed by atoms with Gasteiger partial charge < -0.3 is 19.5 Å². The summed E-state index contributed by atoms with van der Waals surface area (Å²) in [6.07, 6.45) is 0.467. The van der Waals surface area contributed by atoms with Gasteiger partial charge in [0.25, 0.3) is 5.91 Å². The number of amides is 1. The second kappa shape index (κ2) is 6.03. The summed E-state index contributed by atoms with van der Waals surface area (Å²) >= 11 is 0. The molecule has 2 rings (SSSR count). The molecule has 1 saturated heterocycles. The third-order valence-electron chi connectivity index (χ3n) is 3.97. The molecular formula is C15H19NO5. The van der Waals surface area contributed by atoms with Gasteiger partial charge in [0.05, 0.1) is 25.7 Å². The van der Waals surface area contributed by atoms with E-state index in [2.05, 4.69) is 0 Å². The van der Waals surface area contributed by atoms with Crippen LogP contribution in [-0.2, 0) is 4.79 Å². The van der Waals surface area contributed by atoms with Crippen LogP contribution in [0, 0.1) is 5.92 Å². The number of carbonyl (C=O) groups is 2. The Morgan fingerprint density at radius 2 is 2.00 bits per heavy atom. The van der Waals surface area contributed by atoms with Gasteiger partial charge in [-0.3, -0.25) is 9.59 Å². The molecule has 0 aliphatic carbocycles. The molecule has 1 aromatic carbocycles. The van der Waals surface area contributed by atoms with Crippen molar-refractivity contribution in [1.29, 1.82) is 0 Å². The zero-order valence-corrected chi connectivity index (χ0v) is 12.3. The fraction of sp³-hybridized carbons (Fsp3) is 0.467. The number of benzene rings is 1. The highest BCUT2D eigenvalue weighted by molar-refractivity contribution is 5.98. The standard InChI is InChI=1S/C15H19NO5/c1-9-11(15(18)19)6-7-16(9)14(17)12-8-10(20-2)4-5-13(12)21-3/h4-5,8-9,11H,6-7H2,1-3H3,(H,18,19). The largest absolute Gasteiger partial charge is 0.497 e. The molecule has 0 saturated carbocycles. The number of nitrogens with zero attached hydrogens (tertiary/aromatic N) is 1. The van der Waals surface area contributed by atoms with E-state index < -0.39 is 11.9 Å². The highest BCUT2D eigenvalue weighted by Crippen LogP contribution is 2.30. The number of hydrogen-bond donors (Lipinski definition) is 1. The zero-order valence-electron chi connectivity index (χ0n) is 12.3. The van der Waals surface area contributed by atoms with E-state index in [1.165, 1.54) is 14.2 Å². The third-order valence-corrected chi connectivity index (χ3v) is 3.97. The number of rotatable bonds is 4. The van der Waals surface area contributed by atoms with Gasteiger partial charge in [0.2, 0.25) is 0 Å². The lowest BCUT2D eigenvalue weighted by molar-refractivity contribution is -0.142. The van der Waals surface area contributed by atoms with Crippen LogP contribution in [0.5, 0.6) is 11.5 Å². The van der Waals surface area contributed by atoms with E-state index >= 15 is 0 Å². The molecule has 1 aliphatic rings. The Morgan fingerprint density at radius 1 is 1.29 bits per heavy atom. The molecule has 1 aliphatic heterocycles. The van der Waals surface area contributed by atoms with Crippen LogP contribution in [0.4, 0.5) is 0 Å². The van der Waals surface area contributed by atoms with E-state index in [1.54, 1.807) is 30.0 Å². The van der Waals surface area contributed by atoms with Crippen LogP contribution in [-0.4, -0.2) is 48.7 Å². The Balaban J connectivity index is 2.30. The lowest BCUT2D eigenvalue weighted by Crippen LogP contribution is -2.37. The first-order valence-electron chi connectivity index (χ1n) is 6.75. The van der Waals surface area contributed by atoms with Crippen molar-refractivity contribution in [2.75, 3.05) is 20.8 Å². The molecule has 1 N–H and O–H groups in total. The Morgan fingerprint density at radius 3 is 2.52 bits per heavy atom. The zero-order chi connectivity index (χ0) is 15.6. The predicted octanol–water partition coefficient (Wildman–Crippen LogP) is 1.64. The topological polar surface area (TPSA) is 76.1 Å². The van der Waals surface area contributed by atoms with Crippen LogP contribution in [0.25, 0.3) is 0 Å². The van der Waals surface area contributed by atoms with Crippen molar-refractivity contribution in [1.82, 2.24) is 4.90 Å². The van der Waals surface area contributed by atoms with Crippen molar-refractivity contribution in [2.24, 2.45) is 5.92 Å². The Labute approximate surface area is 123 Å². The number of likely N-dealkylation sites (tertiary alicyclic amines) is 1. The first-order chi connectivity index (χ1) is 9.99. The molecule has 1 aromatic rings. The number of ether oxygens (including phenoxy) is 2. The van der Waals surface area contributed by atoms with Crippen LogP contribution in [0.2, 0.25) is 0 Å². The van der Waals surface area contributed by atoms with Crippen LogP contribution in [0.1, 0.15) is 23.7 Å². The van der Waals surface area contributed by atoms with Gasteiger partial charge in [-0.15, -0.1) is 0 Å².